The van der Waals surface area contributed by atoms with Crippen LogP contribution in [0.15, 0.2) is 47.4 Å². The van der Waals surface area contributed by atoms with Gasteiger partial charge in [0.25, 0.3) is 0 Å². The summed E-state index contributed by atoms with van der Waals surface area (Å²) in [6.45, 7) is 0.202. The Labute approximate surface area is 161 Å². The van der Waals surface area contributed by atoms with Gasteiger partial charge in [-0.05, 0) is 43.2 Å². The van der Waals surface area contributed by atoms with E-state index in [1.165, 1.54) is 34.6 Å². The van der Waals surface area contributed by atoms with E-state index in [4.69, 9.17) is 11.6 Å². The molecule has 27 heavy (non-hydrogen) atoms. The Hall–Kier alpha value is -2.03. The van der Waals surface area contributed by atoms with E-state index in [9.17, 15) is 22.0 Å². The highest BCUT2D eigenvalue weighted by Gasteiger charge is 2.33. The number of carbonyl (C=O) groups excluding carboxylic acids is 1. The number of carbonyl (C=O) groups is 1. The van der Waals surface area contributed by atoms with Gasteiger partial charge in [0.15, 0.2) is 0 Å². The van der Waals surface area contributed by atoms with Crippen molar-refractivity contribution in [2.24, 2.45) is 5.92 Å². The van der Waals surface area contributed by atoms with Crippen LogP contribution in [0.5, 0.6) is 0 Å². The molecule has 0 spiro atoms. The molecule has 0 bridgehead atoms. The lowest BCUT2D eigenvalue weighted by atomic mass is 9.97. The Kier molecular flexibility index (Phi) is 5.78. The summed E-state index contributed by atoms with van der Waals surface area (Å²) in [4.78, 5) is 12.0. The highest BCUT2D eigenvalue weighted by molar-refractivity contribution is 7.89. The number of piperidine rings is 1. The van der Waals surface area contributed by atoms with Gasteiger partial charge in [0, 0.05) is 24.7 Å². The van der Waals surface area contributed by atoms with Crippen LogP contribution in [-0.2, 0) is 14.8 Å². The molecule has 144 valence electrons. The third-order valence-corrected chi connectivity index (χ3v) is 6.70. The molecule has 2 aromatic carbocycles. The fourth-order valence-corrected chi connectivity index (χ4v) is 4.62. The first-order chi connectivity index (χ1) is 12.8. The number of halogens is 3. The average Bonchev–Trinajstić information content (AvgIpc) is 2.65. The molecular formula is C18H17ClF2N2O3S. The number of nitrogens with one attached hydrogen (secondary N) is 1. The Morgan fingerprint density at radius 2 is 1.74 bits per heavy atom. The molecule has 5 nitrogen and oxygen atoms in total. The van der Waals surface area contributed by atoms with Gasteiger partial charge in [0.2, 0.25) is 15.9 Å². The summed E-state index contributed by atoms with van der Waals surface area (Å²) in [5.41, 5.74) is 0.281. The Balaban J connectivity index is 1.63. The van der Waals surface area contributed by atoms with Gasteiger partial charge in [-0.25, -0.2) is 17.2 Å². The van der Waals surface area contributed by atoms with E-state index in [0.717, 1.165) is 12.1 Å². The topological polar surface area (TPSA) is 66.5 Å². The molecule has 3 rings (SSSR count). The Bertz CT molecular complexity index is 961. The minimum Gasteiger partial charge on any atom is -0.326 e. The highest BCUT2D eigenvalue weighted by Crippen LogP contribution is 2.26. The largest absolute Gasteiger partial charge is 0.326 e. The molecule has 1 aliphatic heterocycles. The lowest BCUT2D eigenvalue weighted by Crippen LogP contribution is -2.41. The zero-order valence-electron chi connectivity index (χ0n) is 14.2. The van der Waals surface area contributed by atoms with E-state index >= 15 is 0 Å². The number of hydrogen-bond donors (Lipinski definition) is 1. The predicted molar refractivity (Wildman–Crippen MR) is 97.9 cm³/mol. The molecule has 1 fully saturated rings. The number of hydrogen-bond acceptors (Lipinski definition) is 3. The summed E-state index contributed by atoms with van der Waals surface area (Å²) in [7, 11) is -3.95. The molecule has 0 unspecified atom stereocenters. The van der Waals surface area contributed by atoms with Crippen LogP contribution in [0.25, 0.3) is 0 Å². The van der Waals surface area contributed by atoms with E-state index in [1.54, 1.807) is 0 Å². The highest BCUT2D eigenvalue weighted by atomic mass is 35.5. The molecule has 1 saturated heterocycles. The predicted octanol–water partition coefficient (Wildman–Crippen LogP) is 3.66. The van der Waals surface area contributed by atoms with Crippen LogP contribution < -0.4 is 5.32 Å². The van der Waals surface area contributed by atoms with Gasteiger partial charge >= 0.3 is 0 Å². The second kappa shape index (κ2) is 7.92. The van der Waals surface area contributed by atoms with Crippen molar-refractivity contribution in [1.29, 1.82) is 0 Å². The normalized spacial score (nSPS) is 16.3. The molecular weight excluding hydrogens is 398 g/mol. The number of rotatable bonds is 4. The van der Waals surface area contributed by atoms with Crippen molar-refractivity contribution in [3.05, 3.63) is 59.1 Å². The average molecular weight is 415 g/mol. The van der Waals surface area contributed by atoms with Crippen molar-refractivity contribution in [2.45, 2.75) is 17.7 Å². The molecule has 1 amide bonds. The summed E-state index contributed by atoms with van der Waals surface area (Å²) in [6, 6.07) is 9.15. The van der Waals surface area contributed by atoms with Gasteiger partial charge in [-0.2, -0.15) is 4.31 Å². The second-order valence-corrected chi connectivity index (χ2v) is 8.54. The summed E-state index contributed by atoms with van der Waals surface area (Å²) in [5.74, 6) is -2.18. The van der Waals surface area contributed by atoms with Crippen LogP contribution in [-0.4, -0.2) is 31.7 Å². The third kappa shape index (κ3) is 4.28. The van der Waals surface area contributed by atoms with E-state index < -0.39 is 27.6 Å². The standard InChI is InChI=1S/C18H17ClF2N2O3S/c19-14-6-5-13(11-16(14)21)22-18(24)12-7-9-23(10-8-12)27(25,26)17-4-2-1-3-15(17)20/h1-6,11-12H,7-10H2,(H,22,24). The summed E-state index contributed by atoms with van der Waals surface area (Å²) < 4.78 is 53.6. The summed E-state index contributed by atoms with van der Waals surface area (Å²) in [6.07, 6.45) is 0.575. The van der Waals surface area contributed by atoms with E-state index in [-0.39, 0.29) is 47.4 Å². The summed E-state index contributed by atoms with van der Waals surface area (Å²) in [5, 5.41) is 2.57. The monoisotopic (exact) mass is 414 g/mol. The van der Waals surface area contributed by atoms with Gasteiger partial charge in [-0.3, -0.25) is 4.79 Å². The molecule has 2 aromatic rings. The van der Waals surface area contributed by atoms with E-state index in [0.29, 0.717) is 0 Å². The van der Waals surface area contributed by atoms with Gasteiger partial charge in [-0.15, -0.1) is 0 Å². The number of benzene rings is 2. The Morgan fingerprint density at radius 3 is 2.37 bits per heavy atom. The van der Waals surface area contributed by atoms with Crippen LogP contribution in [0, 0.1) is 17.6 Å². The maximum atomic E-state index is 13.8. The van der Waals surface area contributed by atoms with Crippen LogP contribution in [0.3, 0.4) is 0 Å². The fourth-order valence-electron chi connectivity index (χ4n) is 2.97. The van der Waals surface area contributed by atoms with E-state index in [1.807, 2.05) is 0 Å². The molecule has 1 N–H and O–H groups in total. The van der Waals surface area contributed by atoms with Crippen molar-refractivity contribution in [3.63, 3.8) is 0 Å². The lowest BCUT2D eigenvalue weighted by Gasteiger charge is -2.30. The minimum atomic E-state index is -3.95. The molecule has 0 radical (unpaired) electrons. The molecule has 9 heteroatoms. The number of amides is 1. The SMILES string of the molecule is O=C(Nc1ccc(Cl)c(F)c1)C1CCN(S(=O)(=O)c2ccccc2F)CC1. The van der Waals surface area contributed by atoms with Crippen LogP contribution >= 0.6 is 11.6 Å². The van der Waals surface area contributed by atoms with Gasteiger partial charge in [-0.1, -0.05) is 23.7 Å². The Morgan fingerprint density at radius 1 is 1.07 bits per heavy atom. The van der Waals surface area contributed by atoms with Gasteiger partial charge in [0.1, 0.15) is 16.5 Å². The first-order valence-corrected chi connectivity index (χ1v) is 10.1. The maximum absolute atomic E-state index is 13.8. The third-order valence-electron chi connectivity index (χ3n) is 4.47. The van der Waals surface area contributed by atoms with Crippen LogP contribution in [0.2, 0.25) is 5.02 Å². The molecule has 0 aromatic heterocycles. The van der Waals surface area contributed by atoms with Crippen LogP contribution in [0.4, 0.5) is 14.5 Å². The minimum absolute atomic E-state index is 0.0420. The maximum Gasteiger partial charge on any atom is 0.245 e. The van der Waals surface area contributed by atoms with Crippen LogP contribution in [0.1, 0.15) is 12.8 Å². The molecule has 0 atom stereocenters. The fraction of sp³-hybridized carbons (Fsp3) is 0.278. The molecule has 1 heterocycles. The first-order valence-electron chi connectivity index (χ1n) is 8.29. The van der Waals surface area contributed by atoms with Crippen molar-refractivity contribution >= 4 is 33.2 Å². The number of sulfonamides is 1. The summed E-state index contributed by atoms with van der Waals surface area (Å²) >= 11 is 5.61. The van der Waals surface area contributed by atoms with Gasteiger partial charge in [0.05, 0.1) is 5.02 Å². The number of nitrogens with zero attached hydrogens (tertiary/aromatic N) is 1. The smallest absolute Gasteiger partial charge is 0.245 e. The second-order valence-electron chi connectivity index (χ2n) is 6.23. The molecule has 0 saturated carbocycles. The lowest BCUT2D eigenvalue weighted by molar-refractivity contribution is -0.120. The van der Waals surface area contributed by atoms with Crippen molar-refractivity contribution in [3.8, 4) is 0 Å². The zero-order valence-corrected chi connectivity index (χ0v) is 15.7. The number of anilines is 1. The molecule has 0 aliphatic carbocycles. The first kappa shape index (κ1) is 19.7. The van der Waals surface area contributed by atoms with Crippen molar-refractivity contribution in [2.75, 3.05) is 18.4 Å². The van der Waals surface area contributed by atoms with Crippen molar-refractivity contribution in [1.82, 2.24) is 4.31 Å². The van der Waals surface area contributed by atoms with Crippen molar-refractivity contribution < 1.29 is 22.0 Å². The van der Waals surface area contributed by atoms with Gasteiger partial charge < -0.3 is 5.32 Å². The zero-order chi connectivity index (χ0) is 19.6. The van der Waals surface area contributed by atoms with E-state index in [2.05, 4.69) is 5.32 Å². The molecule has 1 aliphatic rings. The quantitative estimate of drug-likeness (QED) is 0.830.